The lowest BCUT2D eigenvalue weighted by Gasteiger charge is -1.98. The number of rotatable bonds is 2. The van der Waals surface area contributed by atoms with Gasteiger partial charge >= 0.3 is 6.03 Å². The summed E-state index contributed by atoms with van der Waals surface area (Å²) in [6.07, 6.45) is 2.30. The average Bonchev–Trinajstić information content (AvgIpc) is 2.70. The third-order valence-corrected chi connectivity index (χ3v) is 2.42. The number of fused-ring (bicyclic) bond motifs is 1. The smallest absolute Gasteiger partial charge is 0.244 e. The molecule has 0 unspecified atom stereocenters. The summed E-state index contributed by atoms with van der Waals surface area (Å²) in [5.74, 6) is 0. The van der Waals surface area contributed by atoms with Gasteiger partial charge < -0.3 is 0 Å². The quantitative estimate of drug-likeness (QED) is 0.743. The molecule has 0 radical (unpaired) electrons. The van der Waals surface area contributed by atoms with Crippen LogP contribution in [0.4, 0.5) is 4.79 Å². The standard InChI is InChI=1S/C12H8N4O/c17-12-15-10-11(16-12)14-9(7-13-10)6-8-4-2-1-3-5-8/h1-5,7H,6H2. The summed E-state index contributed by atoms with van der Waals surface area (Å²) in [5, 5.41) is 0. The first-order valence-corrected chi connectivity index (χ1v) is 5.18. The number of carbonyl (C=O) groups is 1. The van der Waals surface area contributed by atoms with Crippen molar-refractivity contribution in [1.82, 2.24) is 9.97 Å². The van der Waals surface area contributed by atoms with Gasteiger partial charge in [0.1, 0.15) is 0 Å². The van der Waals surface area contributed by atoms with E-state index in [1.807, 2.05) is 30.3 Å². The van der Waals surface area contributed by atoms with Crippen LogP contribution < -0.4 is 11.0 Å². The number of hydrogen-bond acceptors (Lipinski definition) is 3. The molecule has 0 atom stereocenters. The molecule has 1 aromatic carbocycles. The van der Waals surface area contributed by atoms with E-state index in [4.69, 9.17) is 0 Å². The van der Waals surface area contributed by atoms with Gasteiger partial charge in [-0.2, -0.15) is 9.98 Å². The molecule has 2 amide bonds. The van der Waals surface area contributed by atoms with Gasteiger partial charge in [0.2, 0.25) is 11.0 Å². The van der Waals surface area contributed by atoms with E-state index in [-0.39, 0.29) is 0 Å². The van der Waals surface area contributed by atoms with Gasteiger partial charge in [-0.1, -0.05) is 30.3 Å². The number of hydrogen-bond donors (Lipinski definition) is 0. The topological polar surface area (TPSA) is 67.6 Å². The number of aromatic nitrogens is 2. The normalized spacial score (nSPS) is 12.8. The van der Waals surface area contributed by atoms with Gasteiger partial charge in [-0.05, 0) is 5.56 Å². The summed E-state index contributed by atoms with van der Waals surface area (Å²) in [5.41, 5.74) is 2.56. The predicted octanol–water partition coefficient (Wildman–Crippen LogP) is 0.440. The minimum atomic E-state index is -0.531. The number of nitrogens with zero attached hydrogens (tertiary/aromatic N) is 4. The van der Waals surface area contributed by atoms with E-state index in [0.717, 1.165) is 11.3 Å². The number of urea groups is 1. The van der Waals surface area contributed by atoms with Crippen LogP contribution in [0.3, 0.4) is 0 Å². The van der Waals surface area contributed by atoms with Crippen molar-refractivity contribution in [2.75, 3.05) is 0 Å². The van der Waals surface area contributed by atoms with Gasteiger partial charge in [0.15, 0.2) is 0 Å². The highest BCUT2D eigenvalue weighted by atomic mass is 16.2. The van der Waals surface area contributed by atoms with Crippen molar-refractivity contribution in [3.05, 3.63) is 58.8 Å². The molecule has 17 heavy (non-hydrogen) atoms. The minimum absolute atomic E-state index is 0.312. The van der Waals surface area contributed by atoms with Crippen molar-refractivity contribution in [3.8, 4) is 0 Å². The van der Waals surface area contributed by atoms with E-state index in [9.17, 15) is 4.79 Å². The maximum Gasteiger partial charge on any atom is 0.371 e. The summed E-state index contributed by atoms with van der Waals surface area (Å²) in [4.78, 5) is 26.6. The van der Waals surface area contributed by atoms with Crippen LogP contribution in [0.15, 0.2) is 46.5 Å². The zero-order valence-electron chi connectivity index (χ0n) is 8.87. The van der Waals surface area contributed by atoms with Gasteiger partial charge in [0.05, 0.1) is 11.9 Å². The Bertz CT molecular complexity index is 694. The first-order valence-electron chi connectivity index (χ1n) is 5.18. The molecule has 0 N–H and O–H groups in total. The molecule has 0 fully saturated rings. The van der Waals surface area contributed by atoms with E-state index in [2.05, 4.69) is 20.0 Å². The first kappa shape index (κ1) is 9.77. The molecule has 0 saturated heterocycles. The van der Waals surface area contributed by atoms with Crippen LogP contribution in [-0.4, -0.2) is 16.0 Å². The molecule has 2 aromatic rings. The van der Waals surface area contributed by atoms with E-state index in [1.54, 1.807) is 6.20 Å². The maximum atomic E-state index is 11.0. The van der Waals surface area contributed by atoms with Crippen LogP contribution in [0.2, 0.25) is 0 Å². The van der Waals surface area contributed by atoms with Crippen LogP contribution in [0.1, 0.15) is 11.3 Å². The molecule has 1 aromatic heterocycles. The first-order chi connectivity index (χ1) is 8.31. The Kier molecular flexibility index (Phi) is 2.22. The second kappa shape index (κ2) is 3.86. The second-order valence-corrected chi connectivity index (χ2v) is 3.68. The van der Waals surface area contributed by atoms with Crippen molar-refractivity contribution >= 4 is 6.03 Å². The van der Waals surface area contributed by atoms with Crippen LogP contribution in [0.25, 0.3) is 0 Å². The molecule has 1 aliphatic heterocycles. The van der Waals surface area contributed by atoms with Crippen molar-refractivity contribution in [1.29, 1.82) is 0 Å². The van der Waals surface area contributed by atoms with Crippen molar-refractivity contribution < 1.29 is 4.79 Å². The zero-order chi connectivity index (χ0) is 11.7. The van der Waals surface area contributed by atoms with Gasteiger partial charge in [0.25, 0.3) is 0 Å². The Labute approximate surface area is 96.6 Å². The summed E-state index contributed by atoms with van der Waals surface area (Å²) in [7, 11) is 0. The van der Waals surface area contributed by atoms with E-state index in [1.165, 1.54) is 0 Å². The van der Waals surface area contributed by atoms with Crippen LogP contribution in [-0.2, 0) is 6.42 Å². The van der Waals surface area contributed by atoms with Crippen molar-refractivity contribution in [2.45, 2.75) is 6.42 Å². The van der Waals surface area contributed by atoms with Crippen LogP contribution in [0.5, 0.6) is 0 Å². The maximum absolute atomic E-state index is 11.0. The number of benzene rings is 1. The molecule has 1 aliphatic rings. The van der Waals surface area contributed by atoms with Crippen molar-refractivity contribution in [2.24, 2.45) is 9.98 Å². The number of carbonyl (C=O) groups excluding carboxylic acids is 1. The molecule has 0 spiro atoms. The highest BCUT2D eigenvalue weighted by molar-refractivity contribution is 5.76. The largest absolute Gasteiger partial charge is 0.371 e. The third kappa shape index (κ3) is 1.94. The molecular weight excluding hydrogens is 216 g/mol. The molecule has 0 aliphatic carbocycles. The third-order valence-electron chi connectivity index (χ3n) is 2.42. The summed E-state index contributed by atoms with van der Waals surface area (Å²) in [6.45, 7) is 0. The second-order valence-electron chi connectivity index (χ2n) is 3.68. The van der Waals surface area contributed by atoms with Gasteiger partial charge in [-0.25, -0.2) is 14.8 Å². The molecule has 5 heteroatoms. The fourth-order valence-corrected chi connectivity index (χ4v) is 1.66. The predicted molar refractivity (Wildman–Crippen MR) is 59.0 cm³/mol. The lowest BCUT2D eigenvalue weighted by molar-refractivity contribution is 0.256. The van der Waals surface area contributed by atoms with Gasteiger partial charge in [-0.3, -0.25) is 0 Å². The lowest BCUT2D eigenvalue weighted by atomic mass is 10.1. The summed E-state index contributed by atoms with van der Waals surface area (Å²) in [6, 6.07) is 9.41. The fraction of sp³-hybridized carbons (Fsp3) is 0.0833. The highest BCUT2D eigenvalue weighted by Gasteiger charge is 2.08. The van der Waals surface area contributed by atoms with Gasteiger partial charge in [-0.15, -0.1) is 0 Å². The average molecular weight is 224 g/mol. The van der Waals surface area contributed by atoms with E-state index >= 15 is 0 Å². The Morgan fingerprint density at radius 1 is 1.00 bits per heavy atom. The highest BCUT2D eigenvalue weighted by Crippen LogP contribution is 2.03. The Morgan fingerprint density at radius 3 is 2.59 bits per heavy atom. The molecule has 0 saturated carbocycles. The van der Waals surface area contributed by atoms with E-state index < -0.39 is 6.03 Å². The molecule has 0 bridgehead atoms. The molecular formula is C12H8N4O. The zero-order valence-corrected chi connectivity index (χ0v) is 8.87. The number of amides is 2. The Hall–Kier alpha value is -2.43. The fourth-order valence-electron chi connectivity index (χ4n) is 1.66. The van der Waals surface area contributed by atoms with Gasteiger partial charge in [0, 0.05) is 6.42 Å². The minimum Gasteiger partial charge on any atom is -0.244 e. The molecule has 82 valence electrons. The van der Waals surface area contributed by atoms with Crippen LogP contribution in [0, 0.1) is 0 Å². The summed E-state index contributed by atoms with van der Waals surface area (Å²) < 4.78 is 0. The van der Waals surface area contributed by atoms with Crippen molar-refractivity contribution in [3.63, 3.8) is 0 Å². The Morgan fingerprint density at radius 2 is 1.76 bits per heavy atom. The molecule has 5 nitrogen and oxygen atoms in total. The lowest BCUT2D eigenvalue weighted by Crippen LogP contribution is -2.29. The van der Waals surface area contributed by atoms with Crippen LogP contribution >= 0.6 is 0 Å². The monoisotopic (exact) mass is 224 g/mol. The summed E-state index contributed by atoms with van der Waals surface area (Å²) >= 11 is 0. The Balaban J connectivity index is 1.98. The SMILES string of the molecule is O=C1N=c2ncc(Cc3ccccc3)nc2=N1. The van der Waals surface area contributed by atoms with E-state index in [0.29, 0.717) is 17.4 Å². The molecule has 3 rings (SSSR count). The molecule has 2 heterocycles.